The predicted molar refractivity (Wildman–Crippen MR) is 153 cm³/mol. The molecule has 2 N–H and O–H groups in total. The summed E-state index contributed by atoms with van der Waals surface area (Å²) in [4.78, 5) is 34.0. The van der Waals surface area contributed by atoms with Gasteiger partial charge < -0.3 is 20.4 Å². The first kappa shape index (κ1) is 27.6. The zero-order valence-corrected chi connectivity index (χ0v) is 24.0. The summed E-state index contributed by atoms with van der Waals surface area (Å²) in [7, 11) is 2.25. The molecule has 2 unspecified atom stereocenters. The minimum Gasteiger partial charge on any atom is -0.378 e. The van der Waals surface area contributed by atoms with E-state index >= 15 is 0 Å². The number of sulfone groups is 1. The van der Waals surface area contributed by atoms with E-state index in [1.54, 1.807) is 19.9 Å². The Bertz CT molecular complexity index is 1450. The van der Waals surface area contributed by atoms with Crippen molar-refractivity contribution in [1.29, 1.82) is 0 Å². The lowest BCUT2D eigenvalue weighted by atomic mass is 9.93. The average molecular weight is 556 g/mol. The van der Waals surface area contributed by atoms with Gasteiger partial charge in [0.15, 0.2) is 15.0 Å². The minimum absolute atomic E-state index is 0.227. The number of benzene rings is 1. The number of rotatable bonds is 8. The highest BCUT2D eigenvalue weighted by molar-refractivity contribution is 7.92. The Labute approximate surface area is 227 Å². The Morgan fingerprint density at radius 1 is 1.21 bits per heavy atom. The monoisotopic (exact) mass is 555 g/mol. The van der Waals surface area contributed by atoms with Crippen molar-refractivity contribution in [3.63, 3.8) is 0 Å². The second-order valence-corrected chi connectivity index (χ2v) is 13.4. The van der Waals surface area contributed by atoms with E-state index in [4.69, 9.17) is 0 Å². The van der Waals surface area contributed by atoms with Crippen molar-refractivity contribution in [2.24, 2.45) is 5.92 Å². The zero-order chi connectivity index (χ0) is 27.8. The van der Waals surface area contributed by atoms with Crippen LogP contribution in [0.15, 0.2) is 64.8 Å². The topological polar surface area (TPSA) is 112 Å². The summed E-state index contributed by atoms with van der Waals surface area (Å²) < 4.78 is 26.2. The van der Waals surface area contributed by atoms with E-state index in [2.05, 4.69) is 15.6 Å². The van der Waals surface area contributed by atoms with Gasteiger partial charge in [0.1, 0.15) is 0 Å². The number of hydrogen-bond donors (Lipinski definition) is 2. The van der Waals surface area contributed by atoms with E-state index in [9.17, 15) is 18.0 Å². The van der Waals surface area contributed by atoms with Gasteiger partial charge in [0, 0.05) is 60.7 Å². The molecule has 2 heterocycles. The van der Waals surface area contributed by atoms with Crippen LogP contribution in [-0.4, -0.2) is 68.3 Å². The van der Waals surface area contributed by atoms with E-state index in [0.717, 1.165) is 28.3 Å². The molecule has 1 aliphatic carbocycles. The number of hydrogen-bond acceptors (Lipinski definition) is 8. The Kier molecular flexibility index (Phi) is 7.80. The van der Waals surface area contributed by atoms with Gasteiger partial charge in [-0.05, 0) is 39.0 Å². The maximum Gasteiger partial charge on any atom is 0.251 e. The molecule has 2 aromatic rings. The van der Waals surface area contributed by atoms with E-state index in [1.165, 1.54) is 17.4 Å². The summed E-state index contributed by atoms with van der Waals surface area (Å²) in [6, 6.07) is 7.93. The number of carbonyl (C=O) groups is 2. The SMILES string of the molecule is CC1=CC2C(=CC(C(=O)NCC(=O)Nc3nc(-c4cccc(N(C)C)c4)cs3)=CC2S(=O)(=O)C(C)C)N1C. The van der Waals surface area contributed by atoms with E-state index in [1.807, 2.05) is 73.6 Å². The van der Waals surface area contributed by atoms with Crippen LogP contribution in [0.1, 0.15) is 20.8 Å². The van der Waals surface area contributed by atoms with Crippen LogP contribution >= 0.6 is 11.3 Å². The summed E-state index contributed by atoms with van der Waals surface area (Å²) in [5.41, 5.74) is 4.63. The molecule has 11 heteroatoms. The van der Waals surface area contributed by atoms with Crippen LogP contribution in [0.5, 0.6) is 0 Å². The van der Waals surface area contributed by atoms with Gasteiger partial charge in [-0.25, -0.2) is 13.4 Å². The lowest BCUT2D eigenvalue weighted by Gasteiger charge is -2.30. The summed E-state index contributed by atoms with van der Waals surface area (Å²) >= 11 is 1.30. The summed E-state index contributed by atoms with van der Waals surface area (Å²) in [5, 5.41) is 6.18. The van der Waals surface area contributed by atoms with Crippen molar-refractivity contribution < 1.29 is 18.0 Å². The molecule has 38 heavy (non-hydrogen) atoms. The van der Waals surface area contributed by atoms with Crippen molar-refractivity contribution in [2.75, 3.05) is 37.9 Å². The van der Waals surface area contributed by atoms with Crippen LogP contribution in [0.3, 0.4) is 0 Å². The van der Waals surface area contributed by atoms with E-state index in [0.29, 0.717) is 5.13 Å². The molecule has 0 radical (unpaired) electrons. The number of amides is 2. The van der Waals surface area contributed by atoms with Crippen LogP contribution in [0.25, 0.3) is 11.3 Å². The molecule has 0 saturated heterocycles. The summed E-state index contributed by atoms with van der Waals surface area (Å²) in [6.45, 7) is 4.92. The number of aromatic nitrogens is 1. The van der Waals surface area contributed by atoms with Crippen molar-refractivity contribution in [1.82, 2.24) is 15.2 Å². The average Bonchev–Trinajstić information content (AvgIpc) is 3.45. The third-order valence-corrected chi connectivity index (χ3v) is 10.1. The number of nitrogens with one attached hydrogen (secondary N) is 2. The quantitative estimate of drug-likeness (QED) is 0.513. The number of fused-ring (bicyclic) bond motifs is 1. The molecule has 4 rings (SSSR count). The van der Waals surface area contributed by atoms with Crippen molar-refractivity contribution >= 4 is 43.8 Å². The minimum atomic E-state index is -3.52. The van der Waals surface area contributed by atoms with Gasteiger partial charge in [-0.2, -0.15) is 0 Å². The molecule has 0 bridgehead atoms. The van der Waals surface area contributed by atoms with Crippen molar-refractivity contribution in [3.8, 4) is 11.3 Å². The third-order valence-electron chi connectivity index (χ3n) is 6.80. The van der Waals surface area contributed by atoms with Gasteiger partial charge >= 0.3 is 0 Å². The lowest BCUT2D eigenvalue weighted by molar-refractivity contribution is -0.121. The molecule has 9 nitrogen and oxygen atoms in total. The fraction of sp³-hybridized carbons (Fsp3) is 0.370. The molecule has 0 saturated carbocycles. The largest absolute Gasteiger partial charge is 0.378 e. The first-order valence-electron chi connectivity index (χ1n) is 12.3. The number of anilines is 2. The molecule has 1 aliphatic heterocycles. The smallest absolute Gasteiger partial charge is 0.251 e. The Morgan fingerprint density at radius 2 is 1.95 bits per heavy atom. The molecule has 1 aromatic heterocycles. The molecule has 2 aliphatic rings. The Balaban J connectivity index is 1.43. The predicted octanol–water partition coefficient (Wildman–Crippen LogP) is 3.41. The number of carbonyl (C=O) groups excluding carboxylic acids is 2. The van der Waals surface area contributed by atoms with Gasteiger partial charge in [-0.15, -0.1) is 11.3 Å². The second kappa shape index (κ2) is 10.7. The van der Waals surface area contributed by atoms with Crippen LogP contribution < -0.4 is 15.5 Å². The first-order valence-corrected chi connectivity index (χ1v) is 14.8. The van der Waals surface area contributed by atoms with Gasteiger partial charge in [-0.3, -0.25) is 9.59 Å². The van der Waals surface area contributed by atoms with E-state index < -0.39 is 32.2 Å². The fourth-order valence-corrected chi connectivity index (χ4v) is 6.74. The Hall–Kier alpha value is -3.44. The molecule has 2 amide bonds. The molecular weight excluding hydrogens is 522 g/mol. The van der Waals surface area contributed by atoms with Crippen molar-refractivity contribution in [2.45, 2.75) is 31.3 Å². The van der Waals surface area contributed by atoms with Gasteiger partial charge in [0.25, 0.3) is 5.91 Å². The molecule has 202 valence electrons. The van der Waals surface area contributed by atoms with Gasteiger partial charge in [0.2, 0.25) is 5.91 Å². The van der Waals surface area contributed by atoms with Crippen LogP contribution in [-0.2, 0) is 19.4 Å². The highest BCUT2D eigenvalue weighted by Gasteiger charge is 2.42. The molecule has 2 atom stereocenters. The molecular formula is C27H33N5O4S2. The fourth-order valence-electron chi connectivity index (χ4n) is 4.42. The third kappa shape index (κ3) is 5.53. The lowest BCUT2D eigenvalue weighted by Crippen LogP contribution is -2.39. The normalized spacial score (nSPS) is 18.9. The highest BCUT2D eigenvalue weighted by atomic mass is 32.2. The molecule has 0 fully saturated rings. The van der Waals surface area contributed by atoms with Gasteiger partial charge in [0.05, 0.1) is 22.7 Å². The number of allylic oxidation sites excluding steroid dienone is 2. The molecule has 0 spiro atoms. The summed E-state index contributed by atoms with van der Waals surface area (Å²) in [5.74, 6) is -1.27. The summed E-state index contributed by atoms with van der Waals surface area (Å²) in [6.07, 6.45) is 5.13. The van der Waals surface area contributed by atoms with Crippen molar-refractivity contribution in [3.05, 3.63) is 64.8 Å². The van der Waals surface area contributed by atoms with E-state index in [-0.39, 0.29) is 18.0 Å². The van der Waals surface area contributed by atoms with Crippen LogP contribution in [0.4, 0.5) is 10.8 Å². The van der Waals surface area contributed by atoms with Crippen LogP contribution in [0, 0.1) is 5.92 Å². The number of thiazole rings is 1. The maximum atomic E-state index is 13.1. The maximum absolute atomic E-state index is 13.1. The first-order chi connectivity index (χ1) is 17.9. The second-order valence-electron chi connectivity index (χ2n) is 9.90. The van der Waals surface area contributed by atoms with Crippen LogP contribution in [0.2, 0.25) is 0 Å². The van der Waals surface area contributed by atoms with Gasteiger partial charge in [-0.1, -0.05) is 24.3 Å². The Morgan fingerprint density at radius 3 is 2.63 bits per heavy atom. The highest BCUT2D eigenvalue weighted by Crippen LogP contribution is 2.39. The standard InChI is InChI=1S/C27H33N5O4S2/c1-16(2)38(35,36)24-13-19(12-23-21(24)10-17(3)32(23)6)26(34)28-14-25(33)30-27-29-22(15-37-27)18-8-7-9-20(11-18)31(4)5/h7-13,15-16,21,24H,14H2,1-6H3,(H,28,34)(H,29,30,33). The zero-order valence-electron chi connectivity index (χ0n) is 22.3. The number of nitrogens with zero attached hydrogens (tertiary/aromatic N) is 3. The molecule has 1 aromatic carbocycles.